The summed E-state index contributed by atoms with van der Waals surface area (Å²) in [6.07, 6.45) is 0. The van der Waals surface area contributed by atoms with Gasteiger partial charge in [-0.1, -0.05) is 0 Å². The zero-order valence-corrected chi connectivity index (χ0v) is 12.4. The van der Waals surface area contributed by atoms with Crippen LogP contribution in [0.3, 0.4) is 0 Å². The number of Topliss-reactive ketones (excluding diaryl/α,β-unsaturated/α-hetero) is 1. The van der Waals surface area contributed by atoms with Gasteiger partial charge in [0.05, 0.1) is 13.2 Å². The second-order valence-electron chi connectivity index (χ2n) is 4.55. The first-order valence-corrected chi connectivity index (χ1v) is 6.51. The molecule has 0 saturated heterocycles. The number of furan rings is 1. The Labute approximate surface area is 130 Å². The highest BCUT2D eigenvalue weighted by molar-refractivity contribution is 5.94. The molecule has 0 aliphatic carbocycles. The number of ether oxygens (including phenoxy) is 2. The Hall–Kier alpha value is -3.16. The van der Waals surface area contributed by atoms with E-state index in [0.29, 0.717) is 16.9 Å². The van der Waals surface area contributed by atoms with Crippen molar-refractivity contribution in [2.75, 3.05) is 7.11 Å². The molecule has 1 aromatic carbocycles. The van der Waals surface area contributed by atoms with Crippen LogP contribution in [-0.4, -0.2) is 23.8 Å². The quantitative estimate of drug-likeness (QED) is 0.348. The minimum Gasteiger partial charge on any atom is -0.496 e. The van der Waals surface area contributed by atoms with Crippen LogP contribution in [0.1, 0.15) is 33.4 Å². The maximum Gasteiger partial charge on any atom is 0.433 e. The fraction of sp³-hybridized carbons (Fsp3) is 0.200. The summed E-state index contributed by atoms with van der Waals surface area (Å²) in [6, 6.07) is 6.97. The molecule has 0 aliphatic heterocycles. The van der Waals surface area contributed by atoms with E-state index < -0.39 is 16.8 Å². The lowest BCUT2D eigenvalue weighted by Gasteiger charge is -2.10. The number of ketones is 1. The summed E-state index contributed by atoms with van der Waals surface area (Å²) in [6.45, 7) is 1.25. The molecule has 8 nitrogen and oxygen atoms in total. The van der Waals surface area contributed by atoms with Crippen molar-refractivity contribution < 1.29 is 28.4 Å². The van der Waals surface area contributed by atoms with E-state index >= 15 is 0 Å². The molecule has 0 unspecified atom stereocenters. The Balaban J connectivity index is 2.12. The van der Waals surface area contributed by atoms with Gasteiger partial charge in [0.15, 0.2) is 5.78 Å². The highest BCUT2D eigenvalue weighted by atomic mass is 16.7. The molecule has 0 N–H and O–H groups in total. The van der Waals surface area contributed by atoms with Gasteiger partial charge < -0.3 is 13.9 Å². The van der Waals surface area contributed by atoms with Gasteiger partial charge in [0.25, 0.3) is 0 Å². The Kier molecular flexibility index (Phi) is 4.75. The van der Waals surface area contributed by atoms with Crippen LogP contribution < -0.4 is 4.74 Å². The van der Waals surface area contributed by atoms with Gasteiger partial charge in [0.1, 0.15) is 17.3 Å². The van der Waals surface area contributed by atoms with E-state index in [1.165, 1.54) is 14.0 Å². The van der Waals surface area contributed by atoms with Crippen molar-refractivity contribution >= 4 is 17.6 Å². The first kappa shape index (κ1) is 16.2. The van der Waals surface area contributed by atoms with Crippen LogP contribution in [0.4, 0.5) is 5.88 Å². The molecular formula is C15H13NO7. The zero-order valence-electron chi connectivity index (χ0n) is 12.4. The molecule has 0 fully saturated rings. The molecule has 0 atom stereocenters. The number of benzene rings is 1. The third-order valence-electron chi connectivity index (χ3n) is 3.02. The predicted molar refractivity (Wildman–Crippen MR) is 77.5 cm³/mol. The van der Waals surface area contributed by atoms with Crippen LogP contribution in [0.15, 0.2) is 34.7 Å². The first-order valence-electron chi connectivity index (χ1n) is 6.51. The van der Waals surface area contributed by atoms with Gasteiger partial charge in [-0.15, -0.1) is 0 Å². The number of carbonyl (C=O) groups excluding carboxylic acids is 2. The van der Waals surface area contributed by atoms with Gasteiger partial charge in [-0.05, 0) is 31.2 Å². The second kappa shape index (κ2) is 6.73. The normalized spacial score (nSPS) is 10.2. The minimum atomic E-state index is -0.853. The van der Waals surface area contributed by atoms with Gasteiger partial charge in [-0.25, -0.2) is 4.79 Å². The molecule has 0 aliphatic rings. The van der Waals surface area contributed by atoms with Crippen molar-refractivity contribution in [2.24, 2.45) is 0 Å². The van der Waals surface area contributed by atoms with Crippen LogP contribution in [0.25, 0.3) is 0 Å². The van der Waals surface area contributed by atoms with E-state index in [0.717, 1.165) is 12.1 Å². The summed E-state index contributed by atoms with van der Waals surface area (Å²) < 4.78 is 14.9. The number of hydrogen-bond acceptors (Lipinski definition) is 7. The minimum absolute atomic E-state index is 0.137. The van der Waals surface area contributed by atoms with Gasteiger partial charge in [-0.2, -0.15) is 0 Å². The second-order valence-corrected chi connectivity index (χ2v) is 4.55. The Morgan fingerprint density at radius 2 is 2.00 bits per heavy atom. The Morgan fingerprint density at radius 1 is 1.26 bits per heavy atom. The summed E-state index contributed by atoms with van der Waals surface area (Å²) in [5.74, 6) is -1.37. The molecule has 0 saturated carbocycles. The molecular weight excluding hydrogens is 306 g/mol. The van der Waals surface area contributed by atoms with E-state index in [1.54, 1.807) is 18.2 Å². The molecule has 1 heterocycles. The number of hydrogen-bond donors (Lipinski definition) is 0. The van der Waals surface area contributed by atoms with Crippen molar-refractivity contribution in [1.29, 1.82) is 0 Å². The maximum absolute atomic E-state index is 11.8. The van der Waals surface area contributed by atoms with E-state index in [1.807, 2.05) is 0 Å². The number of carbonyl (C=O) groups is 2. The number of nitrogens with zero attached hydrogens (tertiary/aromatic N) is 1. The lowest BCUT2D eigenvalue weighted by Crippen LogP contribution is -2.06. The van der Waals surface area contributed by atoms with Gasteiger partial charge in [0.2, 0.25) is 5.76 Å². The van der Waals surface area contributed by atoms with Crippen molar-refractivity contribution in [2.45, 2.75) is 13.5 Å². The molecule has 23 heavy (non-hydrogen) atoms. The van der Waals surface area contributed by atoms with Crippen LogP contribution in [-0.2, 0) is 11.3 Å². The molecule has 0 radical (unpaired) electrons. The molecule has 2 aromatic rings. The molecule has 0 spiro atoms. The van der Waals surface area contributed by atoms with E-state index in [2.05, 4.69) is 0 Å². The lowest BCUT2D eigenvalue weighted by atomic mass is 10.1. The summed E-state index contributed by atoms with van der Waals surface area (Å²) in [7, 11) is 1.45. The lowest BCUT2D eigenvalue weighted by molar-refractivity contribution is -0.402. The molecule has 0 bridgehead atoms. The largest absolute Gasteiger partial charge is 0.496 e. The smallest absolute Gasteiger partial charge is 0.433 e. The van der Waals surface area contributed by atoms with Crippen LogP contribution >= 0.6 is 0 Å². The third-order valence-corrected chi connectivity index (χ3v) is 3.02. The fourth-order valence-corrected chi connectivity index (χ4v) is 1.86. The van der Waals surface area contributed by atoms with Crippen molar-refractivity contribution in [1.82, 2.24) is 0 Å². The number of nitro groups is 1. The average molecular weight is 319 g/mol. The number of methoxy groups -OCH3 is 1. The van der Waals surface area contributed by atoms with Crippen LogP contribution in [0.2, 0.25) is 0 Å². The van der Waals surface area contributed by atoms with Crippen molar-refractivity contribution in [3.05, 3.63) is 57.3 Å². The van der Waals surface area contributed by atoms with Crippen molar-refractivity contribution in [3.8, 4) is 5.75 Å². The number of rotatable bonds is 6. The number of esters is 1. The molecule has 1 aromatic heterocycles. The van der Waals surface area contributed by atoms with Gasteiger partial charge >= 0.3 is 11.9 Å². The SMILES string of the molecule is COc1ccc(C(C)=O)cc1COC(=O)c1ccc([N+](=O)[O-])o1. The van der Waals surface area contributed by atoms with Gasteiger partial charge in [-0.3, -0.25) is 14.9 Å². The molecule has 8 heteroatoms. The summed E-state index contributed by atoms with van der Waals surface area (Å²) >= 11 is 0. The third kappa shape index (κ3) is 3.73. The first-order chi connectivity index (χ1) is 10.9. The predicted octanol–water partition coefficient (Wildman–Crippen LogP) is 2.76. The summed E-state index contributed by atoms with van der Waals surface area (Å²) in [4.78, 5) is 33.0. The average Bonchev–Trinajstić information content (AvgIpc) is 3.02. The van der Waals surface area contributed by atoms with Crippen LogP contribution in [0.5, 0.6) is 5.75 Å². The summed E-state index contributed by atoms with van der Waals surface area (Å²) in [5.41, 5.74) is 0.945. The monoisotopic (exact) mass is 319 g/mol. The van der Waals surface area contributed by atoms with Gasteiger partial charge in [0, 0.05) is 11.1 Å². The topological polar surface area (TPSA) is 109 Å². The van der Waals surface area contributed by atoms with E-state index in [9.17, 15) is 19.7 Å². The maximum atomic E-state index is 11.8. The summed E-state index contributed by atoms with van der Waals surface area (Å²) in [5, 5.41) is 10.5. The molecule has 0 amide bonds. The fourth-order valence-electron chi connectivity index (χ4n) is 1.86. The van der Waals surface area contributed by atoms with E-state index in [4.69, 9.17) is 13.9 Å². The zero-order chi connectivity index (χ0) is 17.0. The van der Waals surface area contributed by atoms with Crippen molar-refractivity contribution in [3.63, 3.8) is 0 Å². The Bertz CT molecular complexity index is 763. The highest BCUT2D eigenvalue weighted by Gasteiger charge is 2.19. The molecule has 2 rings (SSSR count). The molecule has 120 valence electrons. The highest BCUT2D eigenvalue weighted by Crippen LogP contribution is 2.22. The standard InChI is InChI=1S/C15H13NO7/c1-9(17)10-3-4-12(21-2)11(7-10)8-22-15(18)13-5-6-14(23-13)16(19)20/h3-7H,8H2,1-2H3. The van der Waals surface area contributed by atoms with E-state index in [-0.39, 0.29) is 18.2 Å². The Morgan fingerprint density at radius 3 is 2.57 bits per heavy atom. The van der Waals surface area contributed by atoms with Crippen LogP contribution in [0, 0.1) is 10.1 Å².